The largest absolute Gasteiger partial charge is 0.300 e. The molecule has 0 N–H and O–H groups in total. The molecular weight excluding hydrogens is 210 g/mol. The van der Waals surface area contributed by atoms with E-state index in [2.05, 4.69) is 40.1 Å². The first-order chi connectivity index (χ1) is 8.34. The van der Waals surface area contributed by atoms with Gasteiger partial charge in [0.15, 0.2) is 0 Å². The lowest BCUT2D eigenvalue weighted by Crippen LogP contribution is -2.21. The average molecular weight is 227 g/mol. The fraction of sp³-hybridized carbons (Fsp3) is 0.286. The first-order valence-corrected chi connectivity index (χ1v) is 5.82. The van der Waals surface area contributed by atoms with E-state index in [1.54, 1.807) is 0 Å². The molecule has 0 fully saturated rings. The highest BCUT2D eigenvalue weighted by atomic mass is 15.1. The van der Waals surface area contributed by atoms with E-state index in [9.17, 15) is 0 Å². The van der Waals surface area contributed by atoms with E-state index >= 15 is 0 Å². The zero-order chi connectivity index (χ0) is 11.9. The van der Waals surface area contributed by atoms with Crippen LogP contribution in [-0.2, 0) is 13.0 Å². The van der Waals surface area contributed by atoms with E-state index in [0.717, 1.165) is 25.2 Å². The van der Waals surface area contributed by atoms with Crippen molar-refractivity contribution in [2.75, 3.05) is 13.6 Å². The maximum Gasteiger partial charge on any atom is 0.0543 e. The smallest absolute Gasteiger partial charge is 0.0543 e. The van der Waals surface area contributed by atoms with Gasteiger partial charge in [-0.2, -0.15) is 0 Å². The Morgan fingerprint density at radius 3 is 2.59 bits per heavy atom. The molecule has 0 aliphatic carbocycles. The van der Waals surface area contributed by atoms with Crippen LogP contribution in [0.2, 0.25) is 0 Å². The Kier molecular flexibility index (Phi) is 4.22. The van der Waals surface area contributed by atoms with Crippen LogP contribution in [0.15, 0.2) is 48.9 Å². The van der Waals surface area contributed by atoms with E-state index in [1.165, 1.54) is 5.56 Å². The summed E-state index contributed by atoms with van der Waals surface area (Å²) in [7, 11) is 2.12. The Labute approximate surface area is 102 Å². The molecule has 0 saturated heterocycles. The molecule has 0 aromatic carbocycles. The predicted molar refractivity (Wildman–Crippen MR) is 68.5 cm³/mol. The molecule has 0 bridgehead atoms. The van der Waals surface area contributed by atoms with Crippen LogP contribution < -0.4 is 0 Å². The molecule has 0 aliphatic rings. The van der Waals surface area contributed by atoms with Gasteiger partial charge in [-0.3, -0.25) is 9.97 Å². The molecule has 2 heterocycles. The highest BCUT2D eigenvalue weighted by Gasteiger charge is 2.01. The number of pyridine rings is 2. The Balaban J connectivity index is 1.80. The zero-order valence-electron chi connectivity index (χ0n) is 10.1. The SMILES string of the molecule is CN(CCc1ccncc1)Cc1ccccn1. The Morgan fingerprint density at radius 1 is 1.06 bits per heavy atom. The van der Waals surface area contributed by atoms with Gasteiger partial charge >= 0.3 is 0 Å². The van der Waals surface area contributed by atoms with Gasteiger partial charge in [-0.05, 0) is 43.3 Å². The summed E-state index contributed by atoms with van der Waals surface area (Å²) in [5.74, 6) is 0. The van der Waals surface area contributed by atoms with Crippen LogP contribution in [0.5, 0.6) is 0 Å². The second kappa shape index (κ2) is 6.11. The molecule has 2 rings (SSSR count). The molecule has 0 unspecified atom stereocenters. The summed E-state index contributed by atoms with van der Waals surface area (Å²) < 4.78 is 0. The first kappa shape index (κ1) is 11.7. The van der Waals surface area contributed by atoms with Crippen molar-refractivity contribution in [1.82, 2.24) is 14.9 Å². The molecule has 88 valence electrons. The molecule has 17 heavy (non-hydrogen) atoms. The number of hydrogen-bond acceptors (Lipinski definition) is 3. The Hall–Kier alpha value is -1.74. The molecule has 0 amide bonds. The van der Waals surface area contributed by atoms with E-state index in [1.807, 2.05) is 30.7 Å². The summed E-state index contributed by atoms with van der Waals surface area (Å²) in [6.45, 7) is 1.92. The molecular formula is C14H17N3. The highest BCUT2D eigenvalue weighted by molar-refractivity contribution is 5.10. The summed E-state index contributed by atoms with van der Waals surface area (Å²) >= 11 is 0. The van der Waals surface area contributed by atoms with Crippen LogP contribution >= 0.6 is 0 Å². The summed E-state index contributed by atoms with van der Waals surface area (Å²) in [5, 5.41) is 0. The molecule has 0 atom stereocenters. The summed E-state index contributed by atoms with van der Waals surface area (Å²) in [5.41, 5.74) is 2.44. The zero-order valence-corrected chi connectivity index (χ0v) is 10.1. The lowest BCUT2D eigenvalue weighted by atomic mass is 10.2. The summed E-state index contributed by atoms with van der Waals surface area (Å²) in [6.07, 6.45) is 6.57. The fourth-order valence-electron chi connectivity index (χ4n) is 1.72. The minimum atomic E-state index is 0.895. The lowest BCUT2D eigenvalue weighted by Gasteiger charge is -2.15. The van der Waals surface area contributed by atoms with Crippen molar-refractivity contribution in [2.45, 2.75) is 13.0 Å². The summed E-state index contributed by atoms with van der Waals surface area (Å²) in [6, 6.07) is 10.2. The van der Waals surface area contributed by atoms with Crippen LogP contribution in [0.3, 0.4) is 0 Å². The third kappa shape index (κ3) is 3.96. The van der Waals surface area contributed by atoms with E-state index in [-0.39, 0.29) is 0 Å². The van der Waals surface area contributed by atoms with Crippen LogP contribution in [0.25, 0.3) is 0 Å². The van der Waals surface area contributed by atoms with Crippen molar-refractivity contribution in [3.63, 3.8) is 0 Å². The monoisotopic (exact) mass is 227 g/mol. The van der Waals surface area contributed by atoms with E-state index in [4.69, 9.17) is 0 Å². The van der Waals surface area contributed by atoms with Crippen LogP contribution in [0, 0.1) is 0 Å². The maximum atomic E-state index is 4.32. The second-order valence-electron chi connectivity index (χ2n) is 4.16. The van der Waals surface area contributed by atoms with Gasteiger partial charge in [0, 0.05) is 31.7 Å². The molecule has 3 nitrogen and oxygen atoms in total. The quantitative estimate of drug-likeness (QED) is 0.783. The third-order valence-corrected chi connectivity index (χ3v) is 2.69. The molecule has 0 radical (unpaired) electrons. The van der Waals surface area contributed by atoms with Gasteiger partial charge in [-0.1, -0.05) is 6.07 Å². The highest BCUT2D eigenvalue weighted by Crippen LogP contribution is 2.02. The fourth-order valence-corrected chi connectivity index (χ4v) is 1.72. The molecule has 0 spiro atoms. The van der Waals surface area contributed by atoms with Crippen molar-refractivity contribution in [1.29, 1.82) is 0 Å². The van der Waals surface area contributed by atoms with Crippen molar-refractivity contribution < 1.29 is 0 Å². The number of aromatic nitrogens is 2. The minimum Gasteiger partial charge on any atom is -0.300 e. The Bertz CT molecular complexity index is 428. The van der Waals surface area contributed by atoms with Gasteiger partial charge in [0.05, 0.1) is 5.69 Å². The lowest BCUT2D eigenvalue weighted by molar-refractivity contribution is 0.327. The molecule has 0 aliphatic heterocycles. The normalized spacial score (nSPS) is 10.7. The van der Waals surface area contributed by atoms with E-state index in [0.29, 0.717) is 0 Å². The molecule has 2 aromatic rings. The standard InChI is InChI=1S/C14H17N3/c1-17(12-14-4-2-3-8-16-14)11-7-13-5-9-15-10-6-13/h2-6,8-10H,7,11-12H2,1H3. The number of nitrogens with zero attached hydrogens (tertiary/aromatic N) is 3. The van der Waals surface area contributed by atoms with Crippen molar-refractivity contribution in [2.24, 2.45) is 0 Å². The van der Waals surface area contributed by atoms with Gasteiger partial charge in [-0.25, -0.2) is 0 Å². The van der Waals surface area contributed by atoms with Crippen molar-refractivity contribution >= 4 is 0 Å². The topological polar surface area (TPSA) is 29.0 Å². The number of rotatable bonds is 5. The van der Waals surface area contributed by atoms with Gasteiger partial charge in [-0.15, -0.1) is 0 Å². The van der Waals surface area contributed by atoms with Crippen LogP contribution in [-0.4, -0.2) is 28.5 Å². The van der Waals surface area contributed by atoms with Crippen LogP contribution in [0.4, 0.5) is 0 Å². The average Bonchev–Trinajstić information content (AvgIpc) is 2.39. The van der Waals surface area contributed by atoms with Crippen LogP contribution in [0.1, 0.15) is 11.3 Å². The predicted octanol–water partition coefficient (Wildman–Crippen LogP) is 2.15. The summed E-state index contributed by atoms with van der Waals surface area (Å²) in [4.78, 5) is 10.6. The number of likely N-dealkylation sites (N-methyl/N-ethyl adjacent to an activating group) is 1. The minimum absolute atomic E-state index is 0.895. The van der Waals surface area contributed by atoms with Gasteiger partial charge < -0.3 is 4.90 Å². The van der Waals surface area contributed by atoms with Crippen molar-refractivity contribution in [3.05, 3.63) is 60.2 Å². The van der Waals surface area contributed by atoms with E-state index < -0.39 is 0 Å². The molecule has 2 aromatic heterocycles. The first-order valence-electron chi connectivity index (χ1n) is 5.82. The van der Waals surface area contributed by atoms with Gasteiger partial charge in [0.25, 0.3) is 0 Å². The Morgan fingerprint density at radius 2 is 1.88 bits per heavy atom. The number of hydrogen-bond donors (Lipinski definition) is 0. The molecule has 3 heteroatoms. The molecule has 0 saturated carbocycles. The van der Waals surface area contributed by atoms with Gasteiger partial charge in [0.1, 0.15) is 0 Å². The second-order valence-corrected chi connectivity index (χ2v) is 4.16. The van der Waals surface area contributed by atoms with Crippen molar-refractivity contribution in [3.8, 4) is 0 Å². The van der Waals surface area contributed by atoms with Gasteiger partial charge in [0.2, 0.25) is 0 Å². The maximum absolute atomic E-state index is 4.32. The third-order valence-electron chi connectivity index (χ3n) is 2.69.